The van der Waals surface area contributed by atoms with Crippen molar-refractivity contribution in [1.82, 2.24) is 5.32 Å². The minimum absolute atomic E-state index is 0.0430. The van der Waals surface area contributed by atoms with Gasteiger partial charge in [-0.3, -0.25) is 4.79 Å². The van der Waals surface area contributed by atoms with E-state index in [1.54, 1.807) is 0 Å². The zero-order valence-corrected chi connectivity index (χ0v) is 10.7. The summed E-state index contributed by atoms with van der Waals surface area (Å²) in [6.07, 6.45) is 7.75. The Balaban J connectivity index is 2.32. The van der Waals surface area contributed by atoms with E-state index in [-0.39, 0.29) is 11.9 Å². The van der Waals surface area contributed by atoms with Crippen LogP contribution in [-0.4, -0.2) is 18.0 Å². The molecule has 3 nitrogen and oxygen atoms in total. The summed E-state index contributed by atoms with van der Waals surface area (Å²) in [6.45, 7) is 4.35. The predicted octanol–water partition coefficient (Wildman–Crippen LogP) is 2.20. The summed E-state index contributed by atoms with van der Waals surface area (Å²) < 4.78 is 0. The standard InChI is InChI=1S/C13H26N2O/c1-3-5-12(14)13(16)15-11-7-4-6-10(2)8-9-11/h10-12H,3-9,14H2,1-2H3,(H,15,16)/t10?,11?,12-/m0/s1. The Morgan fingerprint density at radius 2 is 2.12 bits per heavy atom. The number of nitrogens with two attached hydrogens (primary N) is 1. The molecule has 0 heterocycles. The molecular weight excluding hydrogens is 200 g/mol. The average Bonchev–Trinajstić information content (AvgIpc) is 2.44. The first-order valence-corrected chi connectivity index (χ1v) is 6.69. The van der Waals surface area contributed by atoms with Crippen molar-refractivity contribution in [2.24, 2.45) is 11.7 Å². The first kappa shape index (κ1) is 13.5. The molecule has 0 aromatic carbocycles. The maximum Gasteiger partial charge on any atom is 0.237 e. The molecule has 3 N–H and O–H groups in total. The molecule has 3 heteroatoms. The zero-order valence-electron chi connectivity index (χ0n) is 10.7. The number of amides is 1. The highest BCUT2D eigenvalue weighted by Crippen LogP contribution is 2.22. The Morgan fingerprint density at radius 3 is 2.81 bits per heavy atom. The Morgan fingerprint density at radius 1 is 1.38 bits per heavy atom. The molecule has 1 aliphatic rings. The third-order valence-electron chi connectivity index (χ3n) is 3.54. The van der Waals surface area contributed by atoms with Gasteiger partial charge in [-0.1, -0.05) is 33.1 Å². The molecule has 3 atom stereocenters. The van der Waals surface area contributed by atoms with Crippen LogP contribution in [0.25, 0.3) is 0 Å². The molecule has 1 rings (SSSR count). The molecule has 0 aliphatic heterocycles. The lowest BCUT2D eigenvalue weighted by molar-refractivity contribution is -0.123. The van der Waals surface area contributed by atoms with Gasteiger partial charge in [-0.2, -0.15) is 0 Å². The molecule has 94 valence electrons. The van der Waals surface area contributed by atoms with Crippen LogP contribution < -0.4 is 11.1 Å². The Kier molecular flexibility index (Phi) is 5.81. The van der Waals surface area contributed by atoms with E-state index in [4.69, 9.17) is 5.73 Å². The van der Waals surface area contributed by atoms with Crippen LogP contribution in [-0.2, 0) is 4.79 Å². The number of carbonyl (C=O) groups excluding carboxylic acids is 1. The predicted molar refractivity (Wildman–Crippen MR) is 67.1 cm³/mol. The van der Waals surface area contributed by atoms with Gasteiger partial charge >= 0.3 is 0 Å². The second-order valence-electron chi connectivity index (χ2n) is 5.21. The van der Waals surface area contributed by atoms with Crippen LogP contribution in [0.15, 0.2) is 0 Å². The van der Waals surface area contributed by atoms with Crippen molar-refractivity contribution in [3.8, 4) is 0 Å². The first-order chi connectivity index (χ1) is 7.63. The van der Waals surface area contributed by atoms with Crippen LogP contribution >= 0.6 is 0 Å². The van der Waals surface area contributed by atoms with Gasteiger partial charge in [0.1, 0.15) is 0 Å². The fraction of sp³-hybridized carbons (Fsp3) is 0.923. The Hall–Kier alpha value is -0.570. The molecule has 1 amide bonds. The summed E-state index contributed by atoms with van der Waals surface area (Å²) in [7, 11) is 0. The molecule has 1 fully saturated rings. The average molecular weight is 226 g/mol. The highest BCUT2D eigenvalue weighted by atomic mass is 16.2. The van der Waals surface area contributed by atoms with Gasteiger partial charge < -0.3 is 11.1 Å². The van der Waals surface area contributed by atoms with Crippen molar-refractivity contribution >= 4 is 5.91 Å². The fourth-order valence-electron chi connectivity index (χ4n) is 2.38. The number of carbonyl (C=O) groups is 1. The second-order valence-corrected chi connectivity index (χ2v) is 5.21. The van der Waals surface area contributed by atoms with Crippen molar-refractivity contribution in [1.29, 1.82) is 0 Å². The van der Waals surface area contributed by atoms with E-state index in [1.807, 2.05) is 0 Å². The molecule has 2 unspecified atom stereocenters. The van der Waals surface area contributed by atoms with Gasteiger partial charge in [0, 0.05) is 6.04 Å². The number of nitrogens with one attached hydrogen (secondary N) is 1. The monoisotopic (exact) mass is 226 g/mol. The van der Waals surface area contributed by atoms with Crippen molar-refractivity contribution in [2.75, 3.05) is 0 Å². The van der Waals surface area contributed by atoms with Crippen molar-refractivity contribution < 1.29 is 4.79 Å². The van der Waals surface area contributed by atoms with Crippen LogP contribution in [0.2, 0.25) is 0 Å². The van der Waals surface area contributed by atoms with E-state index in [9.17, 15) is 4.79 Å². The van der Waals surface area contributed by atoms with Gasteiger partial charge in [0.15, 0.2) is 0 Å². The maximum atomic E-state index is 11.8. The highest BCUT2D eigenvalue weighted by molar-refractivity contribution is 5.81. The molecule has 0 bridgehead atoms. The van der Waals surface area contributed by atoms with E-state index in [0.717, 1.165) is 31.6 Å². The SMILES string of the molecule is CCC[C@H](N)C(=O)NC1CCCC(C)CC1. The largest absolute Gasteiger partial charge is 0.352 e. The number of rotatable bonds is 4. The van der Waals surface area contributed by atoms with Crippen LogP contribution in [0.4, 0.5) is 0 Å². The lowest BCUT2D eigenvalue weighted by Crippen LogP contribution is -2.45. The highest BCUT2D eigenvalue weighted by Gasteiger charge is 2.20. The van der Waals surface area contributed by atoms with E-state index in [2.05, 4.69) is 19.2 Å². The normalized spacial score (nSPS) is 28.2. The minimum Gasteiger partial charge on any atom is -0.352 e. The van der Waals surface area contributed by atoms with Gasteiger partial charge in [-0.25, -0.2) is 0 Å². The number of hydrogen-bond acceptors (Lipinski definition) is 2. The first-order valence-electron chi connectivity index (χ1n) is 6.69. The topological polar surface area (TPSA) is 55.1 Å². The third-order valence-corrected chi connectivity index (χ3v) is 3.54. The quantitative estimate of drug-likeness (QED) is 0.722. The Labute approximate surface area is 99.2 Å². The fourth-order valence-corrected chi connectivity index (χ4v) is 2.38. The van der Waals surface area contributed by atoms with Crippen LogP contribution in [0.3, 0.4) is 0 Å². The molecule has 1 aliphatic carbocycles. The van der Waals surface area contributed by atoms with E-state index in [0.29, 0.717) is 6.04 Å². The van der Waals surface area contributed by atoms with E-state index < -0.39 is 0 Å². The van der Waals surface area contributed by atoms with Gasteiger partial charge in [0.2, 0.25) is 5.91 Å². The molecular formula is C13H26N2O. The van der Waals surface area contributed by atoms with E-state index >= 15 is 0 Å². The lowest BCUT2D eigenvalue weighted by atomic mass is 10.0. The van der Waals surface area contributed by atoms with Gasteiger partial charge in [-0.15, -0.1) is 0 Å². The molecule has 0 radical (unpaired) electrons. The van der Waals surface area contributed by atoms with Gasteiger partial charge in [-0.05, 0) is 31.6 Å². The minimum atomic E-state index is -0.314. The van der Waals surface area contributed by atoms with Crippen LogP contribution in [0.5, 0.6) is 0 Å². The summed E-state index contributed by atoms with van der Waals surface area (Å²) in [5.74, 6) is 0.854. The number of hydrogen-bond donors (Lipinski definition) is 2. The van der Waals surface area contributed by atoms with Crippen LogP contribution in [0, 0.1) is 5.92 Å². The molecule has 16 heavy (non-hydrogen) atoms. The van der Waals surface area contributed by atoms with Crippen molar-refractivity contribution in [3.05, 3.63) is 0 Å². The Bertz CT molecular complexity index is 218. The van der Waals surface area contributed by atoms with Crippen molar-refractivity contribution in [3.63, 3.8) is 0 Å². The maximum absolute atomic E-state index is 11.8. The molecule has 0 aromatic rings. The lowest BCUT2D eigenvalue weighted by Gasteiger charge is -2.19. The second kappa shape index (κ2) is 6.89. The summed E-state index contributed by atoms with van der Waals surface area (Å²) in [5, 5.41) is 3.10. The van der Waals surface area contributed by atoms with E-state index in [1.165, 1.54) is 19.3 Å². The molecule has 1 saturated carbocycles. The smallest absolute Gasteiger partial charge is 0.237 e. The van der Waals surface area contributed by atoms with Gasteiger partial charge in [0.05, 0.1) is 6.04 Å². The summed E-state index contributed by atoms with van der Waals surface area (Å²) in [6, 6.07) is 0.0473. The zero-order chi connectivity index (χ0) is 12.0. The van der Waals surface area contributed by atoms with Gasteiger partial charge in [0.25, 0.3) is 0 Å². The molecule has 0 aromatic heterocycles. The molecule has 0 saturated heterocycles. The summed E-state index contributed by atoms with van der Waals surface area (Å²) in [5.41, 5.74) is 5.80. The summed E-state index contributed by atoms with van der Waals surface area (Å²) in [4.78, 5) is 11.8. The molecule has 0 spiro atoms. The summed E-state index contributed by atoms with van der Waals surface area (Å²) >= 11 is 0. The third kappa shape index (κ3) is 4.52. The van der Waals surface area contributed by atoms with Crippen molar-refractivity contribution in [2.45, 2.75) is 70.9 Å². The van der Waals surface area contributed by atoms with Crippen LogP contribution in [0.1, 0.15) is 58.8 Å².